The fraction of sp³-hybridized carbons (Fsp3) is 0.263. The molecule has 1 aromatic heterocycles. The van der Waals surface area contributed by atoms with Gasteiger partial charge in [0.05, 0.1) is 0 Å². The minimum Gasteiger partial charge on any atom is -0.292 e. The summed E-state index contributed by atoms with van der Waals surface area (Å²) >= 11 is 0. The van der Waals surface area contributed by atoms with E-state index in [-0.39, 0.29) is 18.1 Å². The molecule has 0 bridgehead atoms. The summed E-state index contributed by atoms with van der Waals surface area (Å²) < 4.78 is 13.0. The van der Waals surface area contributed by atoms with Crippen molar-refractivity contribution in [3.8, 4) is 11.4 Å². The summed E-state index contributed by atoms with van der Waals surface area (Å²) in [6.45, 7) is 2.17. The number of benzene rings is 2. The fourth-order valence-corrected chi connectivity index (χ4v) is 2.48. The van der Waals surface area contributed by atoms with E-state index in [2.05, 4.69) is 22.3 Å². The molecule has 0 N–H and O–H groups in total. The second-order valence-corrected chi connectivity index (χ2v) is 5.87. The Morgan fingerprint density at radius 2 is 1.80 bits per heavy atom. The van der Waals surface area contributed by atoms with Crippen LogP contribution in [0.1, 0.15) is 35.7 Å². The smallest absolute Gasteiger partial charge is 0.204 e. The second-order valence-electron chi connectivity index (χ2n) is 5.87. The lowest BCUT2D eigenvalue weighted by Gasteiger charge is -2.03. The topological polar surface area (TPSA) is 60.7 Å². The standard InChI is InChI=1S/C19H19FN4O/c1-2-3-4-14-5-7-15(8-6-14)18(25)13-24-22-19(21-23-24)16-9-11-17(20)12-10-16/h5-12H,2-4,13H2,1H3. The van der Waals surface area contributed by atoms with Crippen LogP contribution in [0.3, 0.4) is 0 Å². The molecule has 3 rings (SSSR count). The molecule has 25 heavy (non-hydrogen) atoms. The fourth-order valence-electron chi connectivity index (χ4n) is 2.48. The Kier molecular flexibility index (Phi) is 5.28. The molecule has 0 radical (unpaired) electrons. The Hall–Kier alpha value is -2.89. The Bertz CT molecular complexity index is 841. The predicted octanol–water partition coefficient (Wildman–Crippen LogP) is 3.70. The van der Waals surface area contributed by atoms with Gasteiger partial charge in [-0.2, -0.15) is 4.80 Å². The van der Waals surface area contributed by atoms with E-state index < -0.39 is 0 Å². The molecule has 0 saturated carbocycles. The number of aromatic nitrogens is 4. The molecule has 0 unspecified atom stereocenters. The van der Waals surface area contributed by atoms with Crippen LogP contribution < -0.4 is 0 Å². The van der Waals surface area contributed by atoms with Crippen molar-refractivity contribution in [2.45, 2.75) is 32.7 Å². The van der Waals surface area contributed by atoms with Crippen LogP contribution in [-0.4, -0.2) is 26.0 Å². The van der Waals surface area contributed by atoms with Gasteiger partial charge in [-0.05, 0) is 47.9 Å². The van der Waals surface area contributed by atoms with Crippen LogP contribution in [0.5, 0.6) is 0 Å². The number of aryl methyl sites for hydroxylation is 1. The number of hydrogen-bond donors (Lipinski definition) is 0. The van der Waals surface area contributed by atoms with Crippen LogP contribution in [0.4, 0.5) is 4.39 Å². The highest BCUT2D eigenvalue weighted by Gasteiger charge is 2.11. The molecule has 0 atom stereocenters. The van der Waals surface area contributed by atoms with Crippen molar-refractivity contribution < 1.29 is 9.18 Å². The average Bonchev–Trinajstić information content (AvgIpc) is 3.09. The Balaban J connectivity index is 1.66. The lowest BCUT2D eigenvalue weighted by atomic mass is 10.0. The summed E-state index contributed by atoms with van der Waals surface area (Å²) in [6.07, 6.45) is 3.31. The maximum atomic E-state index is 13.0. The second kappa shape index (κ2) is 7.79. The van der Waals surface area contributed by atoms with E-state index in [1.807, 2.05) is 24.3 Å². The van der Waals surface area contributed by atoms with E-state index in [0.717, 1.165) is 19.3 Å². The molecule has 128 valence electrons. The highest BCUT2D eigenvalue weighted by atomic mass is 19.1. The zero-order chi connectivity index (χ0) is 17.6. The summed E-state index contributed by atoms with van der Waals surface area (Å²) in [4.78, 5) is 13.6. The van der Waals surface area contributed by atoms with Gasteiger partial charge in [0, 0.05) is 11.1 Å². The van der Waals surface area contributed by atoms with Gasteiger partial charge in [0.1, 0.15) is 12.4 Å². The lowest BCUT2D eigenvalue weighted by molar-refractivity contribution is 0.0961. The molecule has 3 aromatic rings. The van der Waals surface area contributed by atoms with Gasteiger partial charge in [0.15, 0.2) is 5.78 Å². The van der Waals surface area contributed by atoms with Gasteiger partial charge < -0.3 is 0 Å². The number of rotatable bonds is 7. The number of hydrogen-bond acceptors (Lipinski definition) is 4. The van der Waals surface area contributed by atoms with Crippen LogP contribution in [0.15, 0.2) is 48.5 Å². The molecule has 0 aliphatic heterocycles. The predicted molar refractivity (Wildman–Crippen MR) is 92.6 cm³/mol. The lowest BCUT2D eigenvalue weighted by Crippen LogP contribution is -2.13. The molecular weight excluding hydrogens is 319 g/mol. The van der Waals surface area contributed by atoms with Crippen molar-refractivity contribution in [1.82, 2.24) is 20.2 Å². The van der Waals surface area contributed by atoms with Gasteiger partial charge in [-0.15, -0.1) is 10.2 Å². The van der Waals surface area contributed by atoms with Gasteiger partial charge in [-0.3, -0.25) is 4.79 Å². The number of carbonyl (C=O) groups is 1. The Labute approximate surface area is 145 Å². The summed E-state index contributed by atoms with van der Waals surface area (Å²) in [7, 11) is 0. The molecule has 6 heteroatoms. The molecular formula is C19H19FN4O. The summed E-state index contributed by atoms with van der Waals surface area (Å²) in [6, 6.07) is 13.5. The normalized spacial score (nSPS) is 10.8. The van der Waals surface area contributed by atoms with Gasteiger partial charge >= 0.3 is 0 Å². The molecule has 1 heterocycles. The van der Waals surface area contributed by atoms with E-state index in [9.17, 15) is 9.18 Å². The molecule has 0 fully saturated rings. The minimum absolute atomic E-state index is 0.0164. The summed E-state index contributed by atoms with van der Waals surface area (Å²) in [5.41, 5.74) is 2.51. The van der Waals surface area contributed by atoms with E-state index in [4.69, 9.17) is 0 Å². The molecule has 2 aromatic carbocycles. The molecule has 0 amide bonds. The number of carbonyl (C=O) groups excluding carboxylic acids is 1. The average molecular weight is 338 g/mol. The van der Waals surface area contributed by atoms with E-state index in [0.29, 0.717) is 17.0 Å². The monoisotopic (exact) mass is 338 g/mol. The van der Waals surface area contributed by atoms with E-state index in [1.54, 1.807) is 12.1 Å². The quantitative estimate of drug-likeness (QED) is 0.616. The first-order valence-electron chi connectivity index (χ1n) is 8.31. The third kappa shape index (κ3) is 4.35. The zero-order valence-corrected chi connectivity index (χ0v) is 14.0. The van der Waals surface area contributed by atoms with Crippen molar-refractivity contribution in [1.29, 1.82) is 0 Å². The number of Topliss-reactive ketones (excluding diaryl/α,β-unsaturated/α-hetero) is 1. The highest BCUT2D eigenvalue weighted by Crippen LogP contribution is 2.14. The van der Waals surface area contributed by atoms with Crippen LogP contribution in [0, 0.1) is 5.82 Å². The van der Waals surface area contributed by atoms with Crippen molar-refractivity contribution in [2.24, 2.45) is 0 Å². The van der Waals surface area contributed by atoms with Crippen LogP contribution in [0.2, 0.25) is 0 Å². The van der Waals surface area contributed by atoms with Crippen molar-refractivity contribution in [3.05, 3.63) is 65.5 Å². The minimum atomic E-state index is -0.325. The SMILES string of the molecule is CCCCc1ccc(C(=O)Cn2nnc(-c3ccc(F)cc3)n2)cc1. The Morgan fingerprint density at radius 3 is 2.48 bits per heavy atom. The highest BCUT2D eigenvalue weighted by molar-refractivity contribution is 5.95. The van der Waals surface area contributed by atoms with Crippen molar-refractivity contribution in [2.75, 3.05) is 0 Å². The Morgan fingerprint density at radius 1 is 1.08 bits per heavy atom. The number of halogens is 1. The third-order valence-electron chi connectivity index (χ3n) is 3.94. The molecule has 0 spiro atoms. The molecule has 0 aliphatic rings. The molecule has 5 nitrogen and oxygen atoms in total. The zero-order valence-electron chi connectivity index (χ0n) is 14.0. The maximum absolute atomic E-state index is 13.0. The van der Waals surface area contributed by atoms with Gasteiger partial charge in [-0.25, -0.2) is 4.39 Å². The first-order chi connectivity index (χ1) is 12.2. The van der Waals surface area contributed by atoms with E-state index in [1.165, 1.54) is 22.5 Å². The van der Waals surface area contributed by atoms with Gasteiger partial charge in [0.25, 0.3) is 0 Å². The van der Waals surface area contributed by atoms with Gasteiger partial charge in [0.2, 0.25) is 5.82 Å². The summed E-state index contributed by atoms with van der Waals surface area (Å²) in [5.74, 6) is -0.0403. The molecule has 0 aliphatic carbocycles. The third-order valence-corrected chi connectivity index (χ3v) is 3.94. The first-order valence-corrected chi connectivity index (χ1v) is 8.31. The number of unbranched alkanes of at least 4 members (excludes halogenated alkanes) is 1. The molecule has 0 saturated heterocycles. The number of nitrogens with zero attached hydrogens (tertiary/aromatic N) is 4. The van der Waals surface area contributed by atoms with Crippen LogP contribution in [0.25, 0.3) is 11.4 Å². The maximum Gasteiger partial charge on any atom is 0.204 e. The number of ketones is 1. The van der Waals surface area contributed by atoms with Crippen LogP contribution in [-0.2, 0) is 13.0 Å². The number of tetrazole rings is 1. The summed E-state index contributed by atoms with van der Waals surface area (Å²) in [5, 5.41) is 12.0. The van der Waals surface area contributed by atoms with E-state index >= 15 is 0 Å². The first kappa shape index (κ1) is 17.0. The van der Waals surface area contributed by atoms with Gasteiger partial charge in [-0.1, -0.05) is 37.6 Å². The van der Waals surface area contributed by atoms with Crippen LogP contribution >= 0.6 is 0 Å². The largest absolute Gasteiger partial charge is 0.292 e. The van der Waals surface area contributed by atoms with Crippen molar-refractivity contribution in [3.63, 3.8) is 0 Å². The van der Waals surface area contributed by atoms with Crippen molar-refractivity contribution >= 4 is 5.78 Å².